The lowest BCUT2D eigenvalue weighted by molar-refractivity contribution is -0.160. The number of aromatic nitrogens is 2. The second-order valence-corrected chi connectivity index (χ2v) is 12.1. The molecule has 0 saturated carbocycles. The number of benzene rings is 1. The molecule has 2 atom stereocenters. The quantitative estimate of drug-likeness (QED) is 0.238. The Bertz CT molecular complexity index is 1530. The van der Waals surface area contributed by atoms with Crippen LogP contribution in [0.1, 0.15) is 72.5 Å². The molecule has 47 heavy (non-hydrogen) atoms. The minimum atomic E-state index is -4.83. The fourth-order valence-corrected chi connectivity index (χ4v) is 6.75. The molecule has 2 aromatic heterocycles. The third kappa shape index (κ3) is 7.54. The number of hydrogen-bond acceptors (Lipinski definition) is 5. The zero-order chi connectivity index (χ0) is 33.8. The molecule has 2 fully saturated rings. The molecular weight excluding hydrogens is 626 g/mol. The average molecular weight is 663 g/mol. The number of carbonyl (C=O) groups is 2. The van der Waals surface area contributed by atoms with E-state index in [1.807, 2.05) is 19.1 Å². The van der Waals surface area contributed by atoms with Crippen molar-refractivity contribution in [3.05, 3.63) is 89.5 Å². The van der Waals surface area contributed by atoms with Gasteiger partial charge < -0.3 is 14.5 Å². The van der Waals surface area contributed by atoms with Crippen LogP contribution < -0.4 is 4.74 Å². The van der Waals surface area contributed by atoms with Gasteiger partial charge in [-0.15, -0.1) is 0 Å². The summed E-state index contributed by atoms with van der Waals surface area (Å²) in [6.07, 6.45) is -0.944. The maximum absolute atomic E-state index is 14.7. The van der Waals surface area contributed by atoms with Crippen LogP contribution in [0.4, 0.5) is 26.3 Å². The van der Waals surface area contributed by atoms with E-state index in [0.717, 1.165) is 54.7 Å². The fraction of sp³-hybridized carbons (Fsp3) is 0.471. The van der Waals surface area contributed by atoms with E-state index in [1.54, 1.807) is 17.3 Å². The first kappa shape index (κ1) is 34.2. The molecule has 2 aliphatic rings. The normalized spacial score (nSPS) is 21.0. The number of amides is 2. The van der Waals surface area contributed by atoms with Crippen LogP contribution in [0.25, 0.3) is 0 Å². The first-order chi connectivity index (χ1) is 22.3. The van der Waals surface area contributed by atoms with Crippen LogP contribution in [-0.4, -0.2) is 62.9 Å². The van der Waals surface area contributed by atoms with Crippen molar-refractivity contribution < 1.29 is 40.7 Å². The Hall–Kier alpha value is -4.16. The molecule has 13 heteroatoms. The van der Waals surface area contributed by atoms with Crippen LogP contribution in [0.5, 0.6) is 5.75 Å². The second kappa shape index (κ2) is 13.9. The summed E-state index contributed by atoms with van der Waals surface area (Å²) in [4.78, 5) is 39.4. The number of likely N-dealkylation sites (tertiary alicyclic amines) is 2. The third-order valence-corrected chi connectivity index (χ3v) is 9.06. The minimum Gasteiger partial charge on any atom is -0.475 e. The van der Waals surface area contributed by atoms with Gasteiger partial charge in [0.2, 0.25) is 5.60 Å². The molecule has 5 rings (SSSR count). The third-order valence-electron chi connectivity index (χ3n) is 9.06. The van der Waals surface area contributed by atoms with Gasteiger partial charge >= 0.3 is 12.4 Å². The zero-order valence-electron chi connectivity index (χ0n) is 25.9. The molecule has 2 aliphatic heterocycles. The van der Waals surface area contributed by atoms with Crippen molar-refractivity contribution in [3.63, 3.8) is 0 Å². The Kier molecular flexibility index (Phi) is 10.1. The summed E-state index contributed by atoms with van der Waals surface area (Å²) in [6, 6.07) is 7.59. The Labute approximate surface area is 268 Å². The molecule has 0 unspecified atom stereocenters. The average Bonchev–Trinajstić information content (AvgIpc) is 3.05. The van der Waals surface area contributed by atoms with E-state index >= 15 is 0 Å². The molecule has 0 aliphatic carbocycles. The topological polar surface area (TPSA) is 75.6 Å². The van der Waals surface area contributed by atoms with E-state index in [9.17, 15) is 35.9 Å². The lowest BCUT2D eigenvalue weighted by Crippen LogP contribution is -2.68. The van der Waals surface area contributed by atoms with Gasteiger partial charge in [-0.2, -0.15) is 26.3 Å². The molecule has 3 aromatic rings. The molecule has 0 radical (unpaired) electrons. The molecule has 4 heterocycles. The molecule has 7 nitrogen and oxygen atoms in total. The monoisotopic (exact) mass is 662 g/mol. The molecule has 0 bridgehead atoms. The van der Waals surface area contributed by atoms with Crippen molar-refractivity contribution in [1.82, 2.24) is 19.8 Å². The van der Waals surface area contributed by atoms with E-state index in [1.165, 1.54) is 4.90 Å². The molecular formula is C34H36F6N4O3. The van der Waals surface area contributed by atoms with Crippen LogP contribution in [0, 0.1) is 5.92 Å². The number of ether oxygens (including phenoxy) is 1. The Morgan fingerprint density at radius 1 is 0.894 bits per heavy atom. The lowest BCUT2D eigenvalue weighted by Gasteiger charge is -2.50. The predicted molar refractivity (Wildman–Crippen MR) is 160 cm³/mol. The van der Waals surface area contributed by atoms with E-state index in [-0.39, 0.29) is 31.6 Å². The number of nitrogens with zero attached hydrogens (tertiary/aromatic N) is 4. The maximum atomic E-state index is 14.7. The summed E-state index contributed by atoms with van der Waals surface area (Å²) in [5.41, 5.74) is -3.30. The molecule has 252 valence electrons. The zero-order valence-corrected chi connectivity index (χ0v) is 25.9. The first-order valence-electron chi connectivity index (χ1n) is 15.7. The van der Waals surface area contributed by atoms with Crippen LogP contribution in [0.3, 0.4) is 0 Å². The molecule has 1 aromatic carbocycles. The number of carbonyl (C=O) groups excluding carboxylic acids is 2. The van der Waals surface area contributed by atoms with Gasteiger partial charge in [-0.1, -0.05) is 13.3 Å². The predicted octanol–water partition coefficient (Wildman–Crippen LogP) is 7.22. The largest absolute Gasteiger partial charge is 0.475 e. The van der Waals surface area contributed by atoms with Gasteiger partial charge in [0, 0.05) is 50.8 Å². The van der Waals surface area contributed by atoms with Gasteiger partial charge in [-0.3, -0.25) is 19.6 Å². The van der Waals surface area contributed by atoms with Gasteiger partial charge in [-0.25, -0.2) is 0 Å². The molecule has 0 N–H and O–H groups in total. The second-order valence-electron chi connectivity index (χ2n) is 12.1. The van der Waals surface area contributed by atoms with Crippen LogP contribution in [0.2, 0.25) is 0 Å². The van der Waals surface area contributed by atoms with Gasteiger partial charge in [0.15, 0.2) is 0 Å². The Morgan fingerprint density at radius 3 is 2.17 bits per heavy atom. The standard InChI is InChI=1S/C34H36F6N4O3/c1-2-4-29-32(47-26-7-5-25(6-8-26)33(35,36)37,31(46)43-19-12-24(13-20-43)21-23-9-15-41-16-10-23)14-3-18-44(29)30(45)27-22-42-17-11-28(27)34(38,39)40/h5-11,15-17,22,24,29H,2-4,12-14,18-21H2,1H3/t29-,32+/m1/s1. The van der Waals surface area contributed by atoms with Gasteiger partial charge in [0.05, 0.1) is 22.7 Å². The number of pyridine rings is 2. The van der Waals surface area contributed by atoms with Crippen molar-refractivity contribution in [3.8, 4) is 5.75 Å². The number of halogens is 6. The van der Waals surface area contributed by atoms with Crippen molar-refractivity contribution in [1.29, 1.82) is 0 Å². The van der Waals surface area contributed by atoms with Crippen LogP contribution in [0.15, 0.2) is 67.3 Å². The van der Waals surface area contributed by atoms with E-state index in [0.29, 0.717) is 38.3 Å². The first-order valence-corrected chi connectivity index (χ1v) is 15.7. The maximum Gasteiger partial charge on any atom is 0.417 e. The number of alkyl halides is 6. The van der Waals surface area contributed by atoms with Crippen LogP contribution >= 0.6 is 0 Å². The highest BCUT2D eigenvalue weighted by molar-refractivity contribution is 5.97. The van der Waals surface area contributed by atoms with Crippen molar-refractivity contribution >= 4 is 11.8 Å². The molecule has 0 spiro atoms. The number of piperidine rings is 2. The van der Waals surface area contributed by atoms with E-state index in [4.69, 9.17) is 4.74 Å². The van der Waals surface area contributed by atoms with Crippen molar-refractivity contribution in [2.75, 3.05) is 19.6 Å². The van der Waals surface area contributed by atoms with Gasteiger partial charge in [0.1, 0.15) is 5.75 Å². The Balaban J connectivity index is 1.49. The van der Waals surface area contributed by atoms with Gasteiger partial charge in [0.25, 0.3) is 11.8 Å². The summed E-state index contributed by atoms with van der Waals surface area (Å²) in [7, 11) is 0. The highest BCUT2D eigenvalue weighted by Crippen LogP contribution is 2.41. The lowest BCUT2D eigenvalue weighted by atomic mass is 9.79. The van der Waals surface area contributed by atoms with Crippen molar-refractivity contribution in [2.24, 2.45) is 5.92 Å². The molecule has 2 saturated heterocycles. The summed E-state index contributed by atoms with van der Waals surface area (Å²) in [6.45, 7) is 2.66. The highest BCUT2D eigenvalue weighted by Gasteiger charge is 2.56. The van der Waals surface area contributed by atoms with E-state index < -0.39 is 52.5 Å². The summed E-state index contributed by atoms with van der Waals surface area (Å²) in [5, 5.41) is 0. The summed E-state index contributed by atoms with van der Waals surface area (Å²) >= 11 is 0. The fourth-order valence-electron chi connectivity index (χ4n) is 6.75. The highest BCUT2D eigenvalue weighted by atomic mass is 19.4. The smallest absolute Gasteiger partial charge is 0.417 e. The van der Waals surface area contributed by atoms with Crippen molar-refractivity contribution in [2.45, 2.75) is 75.9 Å². The van der Waals surface area contributed by atoms with Crippen LogP contribution in [-0.2, 0) is 23.6 Å². The SMILES string of the molecule is CCC[C@H]1N(C(=O)c2cnccc2C(F)(F)F)CCC[C@@]1(Oc1ccc(C(F)(F)F)cc1)C(=O)N1CCC(Cc2ccncc2)CC1. The summed E-state index contributed by atoms with van der Waals surface area (Å²) < 4.78 is 88.3. The number of hydrogen-bond donors (Lipinski definition) is 0. The Morgan fingerprint density at radius 2 is 1.55 bits per heavy atom. The molecule has 2 amide bonds. The number of rotatable bonds is 8. The minimum absolute atomic E-state index is 0.00770. The summed E-state index contributed by atoms with van der Waals surface area (Å²) in [5.74, 6) is -1.08. The van der Waals surface area contributed by atoms with E-state index in [2.05, 4.69) is 9.97 Å². The van der Waals surface area contributed by atoms with Gasteiger partial charge in [-0.05, 0) is 86.1 Å².